The summed E-state index contributed by atoms with van der Waals surface area (Å²) in [5.74, 6) is 0.761. The molecule has 0 N–H and O–H groups in total. The second-order valence-corrected chi connectivity index (χ2v) is 9.45. The van der Waals surface area contributed by atoms with Gasteiger partial charge in [-0.3, -0.25) is 14.5 Å². The van der Waals surface area contributed by atoms with Crippen LogP contribution in [-0.2, 0) is 14.3 Å². The third-order valence-corrected chi connectivity index (χ3v) is 7.33. The number of aromatic nitrogens is 2. The van der Waals surface area contributed by atoms with Gasteiger partial charge >= 0.3 is 0 Å². The van der Waals surface area contributed by atoms with Crippen molar-refractivity contribution in [2.75, 3.05) is 26.2 Å². The minimum absolute atomic E-state index is 0.0308. The molecular formula is C23H25N3O6S. The third-order valence-electron chi connectivity index (χ3n) is 6.49. The number of ether oxygens (including phenoxy) is 4. The number of carbonyl (C=O) groups excluding carboxylic acids is 2. The van der Waals surface area contributed by atoms with Crippen molar-refractivity contribution in [3.8, 4) is 17.2 Å². The van der Waals surface area contributed by atoms with Gasteiger partial charge in [-0.05, 0) is 43.9 Å². The summed E-state index contributed by atoms with van der Waals surface area (Å²) in [4.78, 5) is 28.9. The average molecular weight is 472 g/mol. The van der Waals surface area contributed by atoms with Gasteiger partial charge in [0.05, 0.1) is 38.9 Å². The Morgan fingerprint density at radius 2 is 1.73 bits per heavy atom. The van der Waals surface area contributed by atoms with Crippen molar-refractivity contribution in [1.29, 1.82) is 0 Å². The van der Waals surface area contributed by atoms with Gasteiger partial charge in [-0.2, -0.15) is 0 Å². The number of carbonyl (C=O) groups is 2. The van der Waals surface area contributed by atoms with Crippen LogP contribution in [0.15, 0.2) is 23.5 Å². The van der Waals surface area contributed by atoms with Crippen LogP contribution < -0.4 is 19.1 Å². The SMILES string of the molecule is COc1cc(C2C3=C(OC4CCCCC4C3=O)C(=O)N2c2nnc(C)s2)cc(OC)c1OC. The number of amides is 1. The zero-order valence-electron chi connectivity index (χ0n) is 18.9. The maximum Gasteiger partial charge on any atom is 0.296 e. The number of hydrogen-bond donors (Lipinski definition) is 0. The van der Waals surface area contributed by atoms with Crippen molar-refractivity contribution in [3.63, 3.8) is 0 Å². The van der Waals surface area contributed by atoms with E-state index in [1.54, 1.807) is 12.1 Å². The summed E-state index contributed by atoms with van der Waals surface area (Å²) in [5.41, 5.74) is 1.01. The molecule has 1 aliphatic carbocycles. The smallest absolute Gasteiger partial charge is 0.296 e. The number of rotatable bonds is 5. The Balaban J connectivity index is 1.70. The predicted octanol–water partition coefficient (Wildman–Crippen LogP) is 3.37. The lowest BCUT2D eigenvalue weighted by Gasteiger charge is -2.35. The average Bonchev–Trinajstić information content (AvgIpc) is 3.39. The molecule has 3 unspecified atom stereocenters. The first-order chi connectivity index (χ1) is 16.0. The normalized spacial score (nSPS) is 24.4. The fourth-order valence-electron chi connectivity index (χ4n) is 5.00. The van der Waals surface area contributed by atoms with E-state index in [1.165, 1.54) is 37.6 Å². The molecule has 0 saturated heterocycles. The standard InChI is InChI=1S/C23H25N3O6S/c1-11-24-25-23(33-11)26-18(12-9-15(29-2)20(31-4)16(10-12)30-3)17-19(27)13-7-5-6-8-14(13)32-21(17)22(26)28/h9-10,13-14,18H,5-8H2,1-4H3. The highest BCUT2D eigenvalue weighted by Gasteiger charge is 2.53. The van der Waals surface area contributed by atoms with Gasteiger partial charge in [0, 0.05) is 0 Å². The monoisotopic (exact) mass is 471 g/mol. The molecule has 1 aromatic carbocycles. The summed E-state index contributed by atoms with van der Waals surface area (Å²) >= 11 is 1.29. The highest BCUT2D eigenvalue weighted by Crippen LogP contribution is 2.51. The van der Waals surface area contributed by atoms with Crippen LogP contribution in [0.25, 0.3) is 0 Å². The zero-order valence-corrected chi connectivity index (χ0v) is 19.7. The molecule has 0 spiro atoms. The van der Waals surface area contributed by atoms with Gasteiger partial charge in [0.1, 0.15) is 11.1 Å². The van der Waals surface area contributed by atoms with Crippen LogP contribution in [-0.4, -0.2) is 49.3 Å². The topological polar surface area (TPSA) is 100 Å². The van der Waals surface area contributed by atoms with E-state index in [9.17, 15) is 9.59 Å². The summed E-state index contributed by atoms with van der Waals surface area (Å²) in [6.45, 7) is 1.82. The van der Waals surface area contributed by atoms with Gasteiger partial charge in [0.15, 0.2) is 23.0 Å². The molecular weight excluding hydrogens is 446 g/mol. The number of hydrogen-bond acceptors (Lipinski definition) is 9. The Morgan fingerprint density at radius 1 is 1.03 bits per heavy atom. The molecule has 2 aromatic rings. The molecule has 3 aliphatic rings. The van der Waals surface area contributed by atoms with Crippen molar-refractivity contribution < 1.29 is 28.5 Å². The Morgan fingerprint density at radius 3 is 2.33 bits per heavy atom. The highest BCUT2D eigenvalue weighted by atomic mass is 32.1. The number of Topliss-reactive ketones (excluding diaryl/α,β-unsaturated/α-hetero) is 1. The number of nitrogens with zero attached hydrogens (tertiary/aromatic N) is 3. The maximum atomic E-state index is 13.7. The van der Waals surface area contributed by atoms with Crippen LogP contribution in [0.1, 0.15) is 42.3 Å². The number of methoxy groups -OCH3 is 3. The minimum Gasteiger partial charge on any atom is -0.493 e. The van der Waals surface area contributed by atoms with Crippen LogP contribution in [0.4, 0.5) is 5.13 Å². The number of ketones is 1. The number of aryl methyl sites for hydroxylation is 1. The molecule has 9 nitrogen and oxygen atoms in total. The summed E-state index contributed by atoms with van der Waals surface area (Å²) in [5, 5.41) is 9.42. The Labute approximate surface area is 195 Å². The molecule has 5 rings (SSSR count). The lowest BCUT2D eigenvalue weighted by molar-refractivity contribution is -0.131. The first-order valence-corrected chi connectivity index (χ1v) is 11.7. The van der Waals surface area contributed by atoms with E-state index in [-0.39, 0.29) is 29.5 Å². The molecule has 1 aromatic heterocycles. The first-order valence-electron chi connectivity index (χ1n) is 10.9. The molecule has 2 aliphatic heterocycles. The van der Waals surface area contributed by atoms with Gasteiger partial charge in [-0.1, -0.05) is 17.8 Å². The molecule has 1 saturated carbocycles. The first kappa shape index (κ1) is 21.7. The Kier molecular flexibility index (Phi) is 5.48. The highest BCUT2D eigenvalue weighted by molar-refractivity contribution is 7.15. The Hall–Kier alpha value is -3.14. The summed E-state index contributed by atoms with van der Waals surface area (Å²) in [6.07, 6.45) is 3.23. The van der Waals surface area contributed by atoms with Crippen LogP contribution in [0.5, 0.6) is 17.2 Å². The fourth-order valence-corrected chi connectivity index (χ4v) is 5.71. The van der Waals surface area contributed by atoms with Crippen LogP contribution in [0.2, 0.25) is 0 Å². The van der Waals surface area contributed by atoms with Crippen LogP contribution >= 0.6 is 11.3 Å². The maximum absolute atomic E-state index is 13.7. The summed E-state index contributed by atoms with van der Waals surface area (Å²) in [7, 11) is 4.58. The van der Waals surface area contributed by atoms with Gasteiger partial charge in [0.25, 0.3) is 5.91 Å². The molecule has 33 heavy (non-hydrogen) atoms. The molecule has 1 amide bonds. The van der Waals surface area contributed by atoms with Crippen molar-refractivity contribution in [1.82, 2.24) is 10.2 Å². The largest absolute Gasteiger partial charge is 0.493 e. The molecule has 174 valence electrons. The van der Waals surface area contributed by atoms with E-state index < -0.39 is 6.04 Å². The van der Waals surface area contributed by atoms with Gasteiger partial charge in [-0.25, -0.2) is 0 Å². The second kappa shape index (κ2) is 8.33. The minimum atomic E-state index is -0.732. The van der Waals surface area contributed by atoms with E-state index in [0.717, 1.165) is 25.7 Å². The predicted molar refractivity (Wildman–Crippen MR) is 120 cm³/mol. The lowest BCUT2D eigenvalue weighted by Crippen LogP contribution is -2.39. The number of benzene rings is 1. The van der Waals surface area contributed by atoms with Crippen molar-refractivity contribution in [2.45, 2.75) is 44.8 Å². The third kappa shape index (κ3) is 3.35. The summed E-state index contributed by atoms with van der Waals surface area (Å²) < 4.78 is 22.7. The number of fused-ring (bicyclic) bond motifs is 1. The van der Waals surface area contributed by atoms with Crippen LogP contribution in [0, 0.1) is 12.8 Å². The zero-order chi connectivity index (χ0) is 23.3. The molecule has 3 atom stereocenters. The van der Waals surface area contributed by atoms with Crippen LogP contribution in [0.3, 0.4) is 0 Å². The molecule has 10 heteroatoms. The van der Waals surface area contributed by atoms with Gasteiger partial charge in [0.2, 0.25) is 10.9 Å². The molecule has 3 heterocycles. The molecule has 1 fully saturated rings. The lowest BCUT2D eigenvalue weighted by atomic mass is 9.77. The van der Waals surface area contributed by atoms with E-state index in [0.29, 0.717) is 38.5 Å². The van der Waals surface area contributed by atoms with Gasteiger partial charge in [-0.15, -0.1) is 10.2 Å². The van der Waals surface area contributed by atoms with E-state index in [2.05, 4.69) is 10.2 Å². The summed E-state index contributed by atoms with van der Waals surface area (Å²) in [6, 6.07) is 2.79. The second-order valence-electron chi connectivity index (χ2n) is 8.29. The number of anilines is 1. The van der Waals surface area contributed by atoms with E-state index >= 15 is 0 Å². The molecule has 0 bridgehead atoms. The molecule has 0 radical (unpaired) electrons. The fraction of sp³-hybridized carbons (Fsp3) is 0.478. The van der Waals surface area contributed by atoms with Crippen molar-refractivity contribution >= 4 is 28.2 Å². The van der Waals surface area contributed by atoms with Gasteiger partial charge < -0.3 is 18.9 Å². The van der Waals surface area contributed by atoms with Crippen molar-refractivity contribution in [2.24, 2.45) is 5.92 Å². The quantitative estimate of drug-likeness (QED) is 0.654. The Bertz CT molecular complexity index is 1130. The van der Waals surface area contributed by atoms with E-state index in [1.807, 2.05) is 6.92 Å². The van der Waals surface area contributed by atoms with E-state index in [4.69, 9.17) is 18.9 Å². The van der Waals surface area contributed by atoms with Crippen molar-refractivity contribution in [3.05, 3.63) is 34.0 Å².